The third-order valence-corrected chi connectivity index (χ3v) is 7.86. The summed E-state index contributed by atoms with van der Waals surface area (Å²) in [7, 11) is 1.37. The van der Waals surface area contributed by atoms with Crippen LogP contribution >= 0.6 is 22.6 Å². The van der Waals surface area contributed by atoms with Crippen LogP contribution in [0.25, 0.3) is 10.9 Å². The molecule has 4 aliphatic rings. The molecule has 0 unspecified atom stereocenters. The van der Waals surface area contributed by atoms with E-state index in [2.05, 4.69) is 39.7 Å². The molecule has 27 heavy (non-hydrogen) atoms. The molecule has 6 rings (SSSR count). The molecule has 2 bridgehead atoms. The molecule has 1 spiro atoms. The Hall–Kier alpha value is -1.87. The molecule has 7 heteroatoms. The summed E-state index contributed by atoms with van der Waals surface area (Å²) in [6.07, 6.45) is 4.73. The van der Waals surface area contributed by atoms with E-state index in [4.69, 9.17) is 9.47 Å². The van der Waals surface area contributed by atoms with Gasteiger partial charge < -0.3 is 19.4 Å². The standard InChI is InChI=1S/C20H17IN2O4/c1-26-18(25)14-13-17(24)23-9-6-11-10-4-2-3-5-12(10)22-15(11)16(23)19(13)7-8-20(14,21)27-19/h2-5,7-8,13-14,16,22H,6,9H2,1H3/t13-,14+,16-,19-,20+/m1/s1. The number of methoxy groups -OCH3 is 1. The van der Waals surface area contributed by atoms with Crippen LogP contribution < -0.4 is 0 Å². The van der Waals surface area contributed by atoms with Crippen molar-refractivity contribution in [3.05, 3.63) is 47.7 Å². The van der Waals surface area contributed by atoms with E-state index >= 15 is 0 Å². The molecule has 1 aromatic carbocycles. The first-order valence-corrected chi connectivity index (χ1v) is 10.2. The predicted molar refractivity (Wildman–Crippen MR) is 105 cm³/mol. The summed E-state index contributed by atoms with van der Waals surface area (Å²) in [5.74, 6) is -1.57. The van der Waals surface area contributed by atoms with Crippen LogP contribution in [0.4, 0.5) is 0 Å². The molecule has 5 heterocycles. The Kier molecular flexibility index (Phi) is 2.95. The first-order chi connectivity index (χ1) is 13.0. The van der Waals surface area contributed by atoms with Crippen molar-refractivity contribution < 1.29 is 19.1 Å². The fourth-order valence-corrected chi connectivity index (χ4v) is 6.78. The lowest BCUT2D eigenvalue weighted by Gasteiger charge is -2.36. The number of fused-ring (bicyclic) bond motifs is 6. The topological polar surface area (TPSA) is 71.6 Å². The van der Waals surface area contributed by atoms with E-state index in [0.717, 1.165) is 17.6 Å². The predicted octanol–water partition coefficient (Wildman–Crippen LogP) is 2.48. The second-order valence-corrected chi connectivity index (χ2v) is 9.40. The van der Waals surface area contributed by atoms with Crippen molar-refractivity contribution in [3.63, 3.8) is 0 Å². The molecule has 1 N–H and O–H groups in total. The van der Waals surface area contributed by atoms with Gasteiger partial charge in [0.15, 0.2) is 3.61 Å². The lowest BCUT2D eigenvalue weighted by Crippen LogP contribution is -2.42. The average Bonchev–Trinajstić information content (AvgIpc) is 3.35. The number of halogens is 1. The molecule has 138 valence electrons. The summed E-state index contributed by atoms with van der Waals surface area (Å²) >= 11 is 2.15. The molecule has 1 aromatic heterocycles. The molecule has 0 saturated carbocycles. The molecule has 6 nitrogen and oxygen atoms in total. The number of alkyl halides is 1. The van der Waals surface area contributed by atoms with Gasteiger partial charge in [-0.2, -0.15) is 0 Å². The van der Waals surface area contributed by atoms with Gasteiger partial charge in [0.2, 0.25) is 5.91 Å². The Morgan fingerprint density at radius 3 is 3.00 bits per heavy atom. The summed E-state index contributed by atoms with van der Waals surface area (Å²) < 4.78 is 10.7. The molecule has 1 amide bonds. The zero-order chi connectivity index (χ0) is 18.6. The summed E-state index contributed by atoms with van der Waals surface area (Å²) in [6.45, 7) is 0.635. The van der Waals surface area contributed by atoms with E-state index in [1.807, 2.05) is 29.2 Å². The molecule has 2 fully saturated rings. The first-order valence-electron chi connectivity index (χ1n) is 9.07. The molecular weight excluding hydrogens is 459 g/mol. The van der Waals surface area contributed by atoms with Gasteiger partial charge in [0.1, 0.15) is 17.6 Å². The Morgan fingerprint density at radius 2 is 2.19 bits per heavy atom. The van der Waals surface area contributed by atoms with E-state index < -0.39 is 21.0 Å². The van der Waals surface area contributed by atoms with Gasteiger partial charge in [-0.3, -0.25) is 9.59 Å². The van der Waals surface area contributed by atoms with Gasteiger partial charge in [-0.1, -0.05) is 18.2 Å². The summed E-state index contributed by atoms with van der Waals surface area (Å²) in [4.78, 5) is 31.4. The lowest BCUT2D eigenvalue weighted by molar-refractivity contribution is -0.151. The molecule has 4 aliphatic heterocycles. The number of esters is 1. The molecule has 0 aliphatic carbocycles. The zero-order valence-corrected chi connectivity index (χ0v) is 16.7. The van der Waals surface area contributed by atoms with Crippen molar-refractivity contribution >= 4 is 45.4 Å². The number of nitrogens with one attached hydrogen (secondary N) is 1. The van der Waals surface area contributed by atoms with Crippen LogP contribution in [0.3, 0.4) is 0 Å². The number of H-pyrrole nitrogens is 1. The summed E-state index contributed by atoms with van der Waals surface area (Å²) in [5.41, 5.74) is 2.53. The van der Waals surface area contributed by atoms with E-state index in [1.54, 1.807) is 0 Å². The van der Waals surface area contributed by atoms with Crippen LogP contribution in [0, 0.1) is 11.8 Å². The number of hydrogen-bond acceptors (Lipinski definition) is 4. The van der Waals surface area contributed by atoms with E-state index in [0.29, 0.717) is 6.54 Å². The highest BCUT2D eigenvalue weighted by Crippen LogP contribution is 2.66. The largest absolute Gasteiger partial charge is 0.469 e. The minimum absolute atomic E-state index is 0.0115. The fraction of sp³-hybridized carbons (Fsp3) is 0.400. The normalized spacial score (nSPS) is 38.2. The van der Waals surface area contributed by atoms with E-state index in [9.17, 15) is 9.59 Å². The van der Waals surface area contributed by atoms with Gasteiger partial charge in [-0.25, -0.2) is 0 Å². The molecular formula is C20H17IN2O4. The smallest absolute Gasteiger partial charge is 0.313 e. The maximum absolute atomic E-state index is 13.4. The Labute approximate surface area is 169 Å². The number of amides is 1. The second-order valence-electron chi connectivity index (χ2n) is 7.71. The lowest BCUT2D eigenvalue weighted by atomic mass is 9.73. The number of aromatic amines is 1. The number of carbonyl (C=O) groups excluding carboxylic acids is 2. The fourth-order valence-electron chi connectivity index (χ4n) is 5.61. The van der Waals surface area contributed by atoms with Crippen LogP contribution in [0.15, 0.2) is 36.4 Å². The van der Waals surface area contributed by atoms with Crippen LogP contribution in [0.2, 0.25) is 0 Å². The molecule has 0 radical (unpaired) electrons. The van der Waals surface area contributed by atoms with Crippen molar-refractivity contribution in [3.8, 4) is 0 Å². The summed E-state index contributed by atoms with van der Waals surface area (Å²) in [5, 5.41) is 1.20. The van der Waals surface area contributed by atoms with Gasteiger partial charge in [0, 0.05) is 23.1 Å². The average molecular weight is 476 g/mol. The van der Waals surface area contributed by atoms with Crippen molar-refractivity contribution in [1.82, 2.24) is 9.88 Å². The highest BCUT2D eigenvalue weighted by Gasteiger charge is 2.76. The number of ether oxygens (including phenoxy) is 2. The highest BCUT2D eigenvalue weighted by atomic mass is 127. The SMILES string of the molecule is COC(=O)[C@@H]1[C@@H]2C(=O)N3CCc4c([nH]c5ccccc45)[C@@H]3[C@@]23C=C[C@]1(I)O3. The Bertz CT molecular complexity index is 1060. The van der Waals surface area contributed by atoms with E-state index in [1.165, 1.54) is 18.1 Å². The van der Waals surface area contributed by atoms with Gasteiger partial charge in [-0.15, -0.1) is 0 Å². The minimum Gasteiger partial charge on any atom is -0.469 e. The number of nitrogens with zero attached hydrogens (tertiary/aromatic N) is 1. The number of benzene rings is 1. The van der Waals surface area contributed by atoms with Gasteiger partial charge in [0.05, 0.1) is 13.0 Å². The number of rotatable bonds is 1. The first kappa shape index (κ1) is 16.1. The number of aromatic nitrogens is 1. The minimum atomic E-state index is -0.832. The number of para-hydroxylation sites is 1. The highest BCUT2D eigenvalue weighted by molar-refractivity contribution is 14.1. The zero-order valence-electron chi connectivity index (χ0n) is 14.6. The number of hydrogen-bond donors (Lipinski definition) is 1. The van der Waals surface area contributed by atoms with E-state index in [-0.39, 0.29) is 17.9 Å². The monoisotopic (exact) mass is 476 g/mol. The summed E-state index contributed by atoms with van der Waals surface area (Å²) in [6, 6.07) is 7.98. The third kappa shape index (κ3) is 1.71. The molecule has 2 aromatic rings. The second kappa shape index (κ2) is 4.94. The van der Waals surface area contributed by atoms with Gasteiger partial charge in [-0.05, 0) is 52.8 Å². The van der Waals surface area contributed by atoms with Crippen molar-refractivity contribution in [2.24, 2.45) is 11.8 Å². The van der Waals surface area contributed by atoms with Gasteiger partial charge >= 0.3 is 5.97 Å². The quantitative estimate of drug-likeness (QED) is 0.297. The maximum Gasteiger partial charge on any atom is 0.313 e. The van der Waals surface area contributed by atoms with Crippen LogP contribution in [0.1, 0.15) is 17.3 Å². The van der Waals surface area contributed by atoms with Crippen molar-refractivity contribution in [2.75, 3.05) is 13.7 Å². The van der Waals surface area contributed by atoms with Crippen molar-refractivity contribution in [2.45, 2.75) is 21.7 Å². The Morgan fingerprint density at radius 1 is 1.37 bits per heavy atom. The Balaban J connectivity index is 1.58. The third-order valence-electron chi connectivity index (χ3n) is 6.61. The van der Waals surface area contributed by atoms with Crippen LogP contribution in [-0.4, -0.2) is 44.6 Å². The molecule has 5 atom stereocenters. The number of carbonyl (C=O) groups is 2. The van der Waals surface area contributed by atoms with Gasteiger partial charge in [0.25, 0.3) is 0 Å². The van der Waals surface area contributed by atoms with Crippen molar-refractivity contribution in [1.29, 1.82) is 0 Å². The van der Waals surface area contributed by atoms with Crippen LogP contribution in [-0.2, 0) is 25.5 Å². The maximum atomic E-state index is 13.4. The molecule has 2 saturated heterocycles. The van der Waals surface area contributed by atoms with Crippen LogP contribution in [0.5, 0.6) is 0 Å².